The molecule has 3 heteroatoms. The molecular weight excluding hydrogens is 550 g/mol. The van der Waals surface area contributed by atoms with E-state index in [1.165, 1.54) is 81.9 Å². The Morgan fingerprint density at radius 3 is 1.38 bits per heavy atom. The van der Waals surface area contributed by atoms with Crippen LogP contribution in [-0.2, 0) is 6.51 Å². The van der Waals surface area contributed by atoms with E-state index in [0.29, 0.717) is 0 Å². The first kappa shape index (κ1) is 20.7. The molecule has 10 heterocycles. The van der Waals surface area contributed by atoms with Gasteiger partial charge in [-0.05, 0) is 0 Å². The van der Waals surface area contributed by atoms with Crippen LogP contribution in [0.1, 0.15) is 70.6 Å². The first-order valence-corrected chi connectivity index (χ1v) is 27.5. The molecule has 2 aromatic rings. The van der Waals surface area contributed by atoms with Crippen molar-refractivity contribution in [1.82, 2.24) is 0 Å². The predicted molar refractivity (Wildman–Crippen MR) is 166 cm³/mol. The number of rotatable bonds is 8. The van der Waals surface area contributed by atoms with Crippen LogP contribution in [0.15, 0.2) is 60.7 Å². The number of benzene rings is 2. The zero-order chi connectivity index (χ0) is 25.0. The average molecular weight is 596 g/mol. The van der Waals surface area contributed by atoms with Crippen LogP contribution in [0.3, 0.4) is 0 Å². The van der Waals surface area contributed by atoms with E-state index >= 15 is 0 Å². The van der Waals surface area contributed by atoms with Crippen LogP contribution < -0.4 is 10.6 Å². The quantitative estimate of drug-likeness (QED) is 0.210. The van der Waals surface area contributed by atoms with Gasteiger partial charge < -0.3 is 0 Å². The molecule has 4 atom stereocenters. The van der Waals surface area contributed by atoms with Gasteiger partial charge in [0.25, 0.3) is 0 Å². The molecule has 2 aromatic carbocycles. The third-order valence-corrected chi connectivity index (χ3v) is 78.7. The molecule has 0 aromatic heterocycles. The molecular formula is C36H45FeP2. The normalized spacial score (nSPS) is 64.8. The van der Waals surface area contributed by atoms with E-state index in [-0.39, 0.29) is 7.61 Å². The van der Waals surface area contributed by atoms with Crippen molar-refractivity contribution in [1.29, 1.82) is 0 Å². The Kier molecular flexibility index (Phi) is 1.86. The van der Waals surface area contributed by atoms with Crippen LogP contribution in [0.25, 0.3) is 0 Å². The summed E-state index contributed by atoms with van der Waals surface area (Å²) in [6, 6.07) is 24.6. The Hall–Kier alpha value is -0.181. The summed E-state index contributed by atoms with van der Waals surface area (Å²) in [4.78, 5) is 13.5. The molecule has 12 aliphatic rings. The Balaban J connectivity index is 0.979. The van der Waals surface area contributed by atoms with Crippen molar-refractivity contribution in [3.8, 4) is 0 Å². The molecule has 1 radical (unpaired) electrons. The standard InChI is InChI=1S/C31H40P2.C5H5.Fe/c1-5-17-28(18-6-1)32(29-19-7-2-8-20-29)33(30-21-9-3-10-22-30,31-23-11-4-12-24-31)26-25-27-15-13-14-16-27;1-2-4-5-3-1;/h1-2,5-8,13-20,30-31H,3-4,9-12,21-26H2;1-5H;. The molecule has 4 unspecified atom stereocenters. The van der Waals surface area contributed by atoms with Gasteiger partial charge >= 0.3 is 228 Å². The molecule has 10 aliphatic heterocycles. The van der Waals surface area contributed by atoms with Crippen molar-refractivity contribution in [2.45, 2.75) is 130 Å². The van der Waals surface area contributed by atoms with Crippen LogP contribution in [0.5, 0.6) is 0 Å². The van der Waals surface area contributed by atoms with Gasteiger partial charge in [0.1, 0.15) is 0 Å². The van der Waals surface area contributed by atoms with E-state index in [4.69, 9.17) is 0 Å². The molecule has 39 heavy (non-hydrogen) atoms. The second-order valence-corrected chi connectivity index (χ2v) is 51.2. The summed E-state index contributed by atoms with van der Waals surface area (Å²) in [7, 11) is -0.239. The fraction of sp³-hybridized carbons (Fsp3) is 0.667. The van der Waals surface area contributed by atoms with Gasteiger partial charge in [0.05, 0.1) is 0 Å². The van der Waals surface area contributed by atoms with Gasteiger partial charge in [-0.15, -0.1) is 0 Å². The minimum absolute atomic E-state index is 0.239. The summed E-state index contributed by atoms with van der Waals surface area (Å²) in [6.45, 7) is -4.27. The van der Waals surface area contributed by atoms with E-state index < -0.39 is 13.5 Å². The Labute approximate surface area is 227 Å². The van der Waals surface area contributed by atoms with Crippen molar-refractivity contribution in [2.75, 3.05) is 6.16 Å². The van der Waals surface area contributed by atoms with Gasteiger partial charge in [0.15, 0.2) is 0 Å². The molecule has 0 nitrogen and oxygen atoms in total. The molecule has 2 aliphatic carbocycles. The van der Waals surface area contributed by atoms with Crippen molar-refractivity contribution in [3.63, 3.8) is 0 Å². The van der Waals surface area contributed by atoms with Crippen LogP contribution >= 0.6 is 14.6 Å². The Morgan fingerprint density at radius 2 is 1.03 bits per heavy atom. The SMILES string of the molecule is c1ccc(P(c2ccccc2)[P](CC[C]23[CH]4[CH]5[CH]6[CH]2[Fe]56432789[CH]3[CH]2[CH]7[CH]8[CH]39)(C2CCCCC2)C2CCCCC2)cc1. The minimum atomic E-state index is -3.05. The van der Waals surface area contributed by atoms with E-state index in [1.807, 2.05) is 0 Å². The number of hydrogen-bond acceptors (Lipinski definition) is 0. The third kappa shape index (κ3) is 0.629. The Bertz CT molecular complexity index is 1690. The van der Waals surface area contributed by atoms with Crippen LogP contribution in [0.2, 0.25) is 47.7 Å². The van der Waals surface area contributed by atoms with Crippen LogP contribution in [-0.4, -0.2) is 17.5 Å². The molecule has 0 bridgehead atoms. The topological polar surface area (TPSA) is 0 Å². The van der Waals surface area contributed by atoms with Crippen molar-refractivity contribution < 1.29 is 6.51 Å². The maximum absolute atomic E-state index is 3.05. The third-order valence-electron chi connectivity index (χ3n) is 22.6. The first-order chi connectivity index (χ1) is 19.1. The summed E-state index contributed by atoms with van der Waals surface area (Å²) < 4.78 is 1.11. The van der Waals surface area contributed by atoms with Gasteiger partial charge in [0, 0.05) is 0 Å². The molecule has 0 amide bonds. The number of fused-ring (bicyclic) bond motifs is 10. The summed E-state index contributed by atoms with van der Waals surface area (Å²) in [5, 5.41) is 3.54. The van der Waals surface area contributed by atoms with Crippen molar-refractivity contribution >= 4 is 25.2 Å². The first-order valence-electron chi connectivity index (χ1n) is 17.0. The number of hydrogen-bond donors (Lipinski definition) is 0. The van der Waals surface area contributed by atoms with Gasteiger partial charge in [-0.25, -0.2) is 0 Å². The second kappa shape index (κ2) is 3.51. The zero-order valence-electron chi connectivity index (χ0n) is 23.4. The fourth-order valence-electron chi connectivity index (χ4n) is 23.6. The van der Waals surface area contributed by atoms with Crippen LogP contribution in [0.4, 0.5) is 0 Å². The van der Waals surface area contributed by atoms with Gasteiger partial charge in [0.2, 0.25) is 0 Å². The molecule has 1 spiro atoms. The molecule has 2 saturated carbocycles. The summed E-state index contributed by atoms with van der Waals surface area (Å²) in [5.41, 5.74) is 2.16. The second-order valence-electron chi connectivity index (χ2n) is 18.8. The average Bonchev–Trinajstić information content (AvgIpc) is 3.95. The van der Waals surface area contributed by atoms with Gasteiger partial charge in [-0.1, -0.05) is 0 Å². The predicted octanol–water partition coefficient (Wildman–Crippen LogP) is 10.9. The fourth-order valence-corrected chi connectivity index (χ4v) is 114. The van der Waals surface area contributed by atoms with E-state index in [0.717, 1.165) is 15.6 Å². The summed E-state index contributed by atoms with van der Waals surface area (Å²) in [6.07, 6.45) is 19.1. The molecule has 0 N–H and O–H groups in total. The maximum atomic E-state index is 2.60. The van der Waals surface area contributed by atoms with Crippen LogP contribution in [0, 0.1) is 0 Å². The summed E-state index contributed by atoms with van der Waals surface area (Å²) in [5.74, 6) is 0. The molecule has 207 valence electrons. The van der Waals surface area contributed by atoms with Crippen molar-refractivity contribution in [3.05, 3.63) is 60.7 Å². The van der Waals surface area contributed by atoms with E-state index in [9.17, 15) is 0 Å². The molecule has 14 rings (SSSR count). The van der Waals surface area contributed by atoms with E-state index in [1.54, 1.807) is 48.9 Å². The van der Waals surface area contributed by atoms with Gasteiger partial charge in [-0.3, -0.25) is 0 Å². The molecule has 12 fully saturated rings. The summed E-state index contributed by atoms with van der Waals surface area (Å²) >= 11 is 0. The zero-order valence-corrected chi connectivity index (χ0v) is 26.3. The van der Waals surface area contributed by atoms with E-state index in [2.05, 4.69) is 60.7 Å². The monoisotopic (exact) mass is 595 g/mol. The van der Waals surface area contributed by atoms with Crippen molar-refractivity contribution in [2.24, 2.45) is 0 Å². The van der Waals surface area contributed by atoms with Gasteiger partial charge in [-0.2, -0.15) is 0 Å². The molecule has 10 saturated heterocycles. The Morgan fingerprint density at radius 1 is 0.590 bits per heavy atom.